The number of nitrogens with one attached hydrogen (secondary N) is 2. The minimum absolute atomic E-state index is 0.270. The van der Waals surface area contributed by atoms with Crippen LogP contribution in [-0.4, -0.2) is 26.3 Å². The van der Waals surface area contributed by atoms with Crippen molar-refractivity contribution < 1.29 is 9.21 Å². The molecule has 1 amide bonds. The van der Waals surface area contributed by atoms with Gasteiger partial charge in [-0.15, -0.1) is 10.2 Å². The van der Waals surface area contributed by atoms with E-state index in [9.17, 15) is 4.79 Å². The number of H-pyrrole nitrogens is 1. The van der Waals surface area contributed by atoms with Gasteiger partial charge >= 0.3 is 0 Å². The van der Waals surface area contributed by atoms with E-state index in [1.54, 1.807) is 24.5 Å². The molecule has 0 saturated heterocycles. The molecular formula is C14H15N5O2S. The number of rotatable bonds is 5. The molecule has 7 nitrogen and oxygen atoms in total. The second kappa shape index (κ2) is 6.10. The predicted octanol–water partition coefficient (Wildman–Crippen LogP) is 2.97. The normalized spacial score (nSPS) is 11.0. The lowest BCUT2D eigenvalue weighted by Crippen LogP contribution is -2.12. The average molecular weight is 317 g/mol. The van der Waals surface area contributed by atoms with Crippen molar-refractivity contribution in [2.75, 3.05) is 5.32 Å². The molecule has 0 radical (unpaired) electrons. The molecule has 2 N–H and O–H groups in total. The van der Waals surface area contributed by atoms with Crippen LogP contribution in [0.4, 0.5) is 5.13 Å². The van der Waals surface area contributed by atoms with E-state index >= 15 is 0 Å². The van der Waals surface area contributed by atoms with E-state index in [2.05, 4.69) is 39.6 Å². The topological polar surface area (TPSA) is 96.7 Å². The van der Waals surface area contributed by atoms with Gasteiger partial charge in [-0.3, -0.25) is 15.2 Å². The molecule has 0 aliphatic rings. The van der Waals surface area contributed by atoms with Gasteiger partial charge in [0.1, 0.15) is 10.7 Å². The molecule has 0 fully saturated rings. The van der Waals surface area contributed by atoms with Crippen molar-refractivity contribution in [2.24, 2.45) is 5.92 Å². The maximum Gasteiger partial charge on any atom is 0.277 e. The second-order valence-electron chi connectivity index (χ2n) is 5.20. The lowest BCUT2D eigenvalue weighted by molar-refractivity contribution is 0.102. The van der Waals surface area contributed by atoms with Gasteiger partial charge in [0.25, 0.3) is 5.91 Å². The number of carbonyl (C=O) groups excluding carboxylic acids is 1. The van der Waals surface area contributed by atoms with Gasteiger partial charge in [0.2, 0.25) is 5.13 Å². The van der Waals surface area contributed by atoms with Gasteiger partial charge < -0.3 is 4.42 Å². The molecule has 0 atom stereocenters. The van der Waals surface area contributed by atoms with Gasteiger partial charge in [-0.25, -0.2) is 0 Å². The number of aromatic amines is 1. The van der Waals surface area contributed by atoms with Crippen LogP contribution < -0.4 is 5.32 Å². The highest BCUT2D eigenvalue weighted by Crippen LogP contribution is 2.20. The quantitative estimate of drug-likeness (QED) is 0.754. The Morgan fingerprint density at radius 1 is 1.45 bits per heavy atom. The lowest BCUT2D eigenvalue weighted by atomic mass is 10.1. The molecule has 0 unspecified atom stereocenters. The molecule has 0 bridgehead atoms. The van der Waals surface area contributed by atoms with Gasteiger partial charge in [-0.1, -0.05) is 25.2 Å². The number of aromatic nitrogens is 4. The number of hydrogen-bond acceptors (Lipinski definition) is 6. The highest BCUT2D eigenvalue weighted by atomic mass is 32.1. The summed E-state index contributed by atoms with van der Waals surface area (Å²) in [7, 11) is 0. The van der Waals surface area contributed by atoms with Crippen LogP contribution in [0, 0.1) is 5.92 Å². The van der Waals surface area contributed by atoms with Crippen molar-refractivity contribution in [3.63, 3.8) is 0 Å². The highest BCUT2D eigenvalue weighted by Gasteiger charge is 2.15. The van der Waals surface area contributed by atoms with E-state index < -0.39 is 0 Å². The molecule has 0 spiro atoms. The van der Waals surface area contributed by atoms with Crippen LogP contribution in [0.15, 0.2) is 28.9 Å². The first-order chi connectivity index (χ1) is 10.6. The van der Waals surface area contributed by atoms with Crippen LogP contribution in [0.2, 0.25) is 0 Å². The smallest absolute Gasteiger partial charge is 0.277 e. The fourth-order valence-corrected chi connectivity index (χ4v) is 2.84. The van der Waals surface area contributed by atoms with Gasteiger partial charge in [0, 0.05) is 12.5 Å². The number of anilines is 1. The Morgan fingerprint density at radius 2 is 2.32 bits per heavy atom. The Kier molecular flexibility index (Phi) is 4.01. The van der Waals surface area contributed by atoms with Crippen molar-refractivity contribution in [3.05, 3.63) is 35.2 Å². The molecule has 3 heterocycles. The number of carbonyl (C=O) groups is 1. The zero-order valence-corrected chi connectivity index (χ0v) is 13.0. The van der Waals surface area contributed by atoms with Crippen LogP contribution in [0.5, 0.6) is 0 Å². The van der Waals surface area contributed by atoms with Gasteiger partial charge in [-0.2, -0.15) is 5.10 Å². The Morgan fingerprint density at radius 3 is 3.05 bits per heavy atom. The van der Waals surface area contributed by atoms with E-state index in [0.717, 1.165) is 11.4 Å². The molecule has 0 aliphatic heterocycles. The Hall–Kier alpha value is -2.48. The van der Waals surface area contributed by atoms with Gasteiger partial charge in [-0.05, 0) is 18.1 Å². The zero-order valence-electron chi connectivity index (χ0n) is 12.2. The Bertz CT molecular complexity index is 760. The molecule has 0 aliphatic carbocycles. The van der Waals surface area contributed by atoms with E-state index in [-0.39, 0.29) is 11.6 Å². The van der Waals surface area contributed by atoms with E-state index in [0.29, 0.717) is 22.5 Å². The highest BCUT2D eigenvalue weighted by molar-refractivity contribution is 7.15. The summed E-state index contributed by atoms with van der Waals surface area (Å²) in [6, 6.07) is 5.19. The fourth-order valence-electron chi connectivity index (χ4n) is 1.89. The maximum atomic E-state index is 12.1. The predicted molar refractivity (Wildman–Crippen MR) is 82.7 cm³/mol. The van der Waals surface area contributed by atoms with Crippen molar-refractivity contribution in [3.8, 4) is 11.5 Å². The van der Waals surface area contributed by atoms with E-state index in [1.165, 1.54) is 11.3 Å². The van der Waals surface area contributed by atoms with Crippen molar-refractivity contribution in [2.45, 2.75) is 20.3 Å². The summed E-state index contributed by atoms with van der Waals surface area (Å²) in [5.74, 6) is 0.793. The summed E-state index contributed by atoms with van der Waals surface area (Å²) in [4.78, 5) is 12.1. The van der Waals surface area contributed by atoms with Crippen molar-refractivity contribution in [1.29, 1.82) is 0 Å². The van der Waals surface area contributed by atoms with E-state index in [4.69, 9.17) is 4.42 Å². The molecule has 3 aromatic rings. The number of furan rings is 1. The standard InChI is InChI=1S/C14H15N5O2S/c1-8(2)6-12-18-19-14(22-12)15-13(20)10-7-9(16-17-10)11-4-3-5-21-11/h3-5,7-8H,6H2,1-2H3,(H,16,17)(H,15,19,20). The Balaban J connectivity index is 1.68. The molecule has 22 heavy (non-hydrogen) atoms. The molecule has 3 rings (SSSR count). The molecular weight excluding hydrogens is 302 g/mol. The third-order valence-corrected chi connectivity index (χ3v) is 3.73. The number of hydrogen-bond donors (Lipinski definition) is 2. The van der Waals surface area contributed by atoms with E-state index in [1.807, 2.05) is 0 Å². The summed E-state index contributed by atoms with van der Waals surface area (Å²) in [6.45, 7) is 4.22. The lowest BCUT2D eigenvalue weighted by Gasteiger charge is -1.97. The monoisotopic (exact) mass is 317 g/mol. The first-order valence-corrected chi connectivity index (χ1v) is 7.66. The van der Waals surface area contributed by atoms with Crippen molar-refractivity contribution in [1.82, 2.24) is 20.4 Å². The third-order valence-electron chi connectivity index (χ3n) is 2.87. The number of nitrogens with zero attached hydrogens (tertiary/aromatic N) is 3. The number of amides is 1. The third kappa shape index (κ3) is 3.22. The second-order valence-corrected chi connectivity index (χ2v) is 6.26. The average Bonchev–Trinajstić information content (AvgIpc) is 3.19. The van der Waals surface area contributed by atoms with Crippen LogP contribution in [0.3, 0.4) is 0 Å². The molecule has 114 valence electrons. The minimum Gasteiger partial charge on any atom is -0.463 e. The summed E-state index contributed by atoms with van der Waals surface area (Å²) in [5, 5.41) is 18.9. The van der Waals surface area contributed by atoms with Crippen molar-refractivity contribution >= 4 is 22.4 Å². The molecule has 0 saturated carbocycles. The van der Waals surface area contributed by atoms with Crippen LogP contribution >= 0.6 is 11.3 Å². The van der Waals surface area contributed by atoms with Crippen LogP contribution in [0.1, 0.15) is 29.3 Å². The summed E-state index contributed by atoms with van der Waals surface area (Å²) < 4.78 is 5.25. The maximum absolute atomic E-state index is 12.1. The van der Waals surface area contributed by atoms with Gasteiger partial charge in [0.05, 0.1) is 6.26 Å². The molecule has 3 aromatic heterocycles. The molecule has 0 aromatic carbocycles. The largest absolute Gasteiger partial charge is 0.463 e. The molecule has 8 heteroatoms. The zero-order chi connectivity index (χ0) is 15.5. The Labute approximate surface area is 130 Å². The summed E-state index contributed by atoms with van der Waals surface area (Å²) in [5.41, 5.74) is 0.917. The van der Waals surface area contributed by atoms with Crippen LogP contribution in [-0.2, 0) is 6.42 Å². The fraction of sp³-hybridized carbons (Fsp3) is 0.286. The minimum atomic E-state index is -0.332. The first kappa shape index (κ1) is 14.5. The van der Waals surface area contributed by atoms with Crippen LogP contribution in [0.25, 0.3) is 11.5 Å². The van der Waals surface area contributed by atoms with Gasteiger partial charge in [0.15, 0.2) is 11.5 Å². The SMILES string of the molecule is CC(C)Cc1nnc(NC(=O)c2cc(-c3ccco3)[nH]n2)s1. The summed E-state index contributed by atoms with van der Waals surface area (Å²) >= 11 is 1.38. The summed E-state index contributed by atoms with van der Waals surface area (Å²) in [6.07, 6.45) is 2.41. The first-order valence-electron chi connectivity index (χ1n) is 6.85.